The van der Waals surface area contributed by atoms with E-state index in [0.29, 0.717) is 0 Å². The normalized spacial score (nSPS) is 10.9. The molecule has 1 aromatic carbocycles. The van der Waals surface area contributed by atoms with E-state index >= 15 is 0 Å². The summed E-state index contributed by atoms with van der Waals surface area (Å²) in [6.07, 6.45) is 3.06. The van der Waals surface area contributed by atoms with Gasteiger partial charge in [0.05, 0.1) is 6.61 Å². The standard InChI is InChI=1S/C14H17NO/c1-3-11(2)9-15-8-7-13-12(10-16)5-4-6-14(13)15/h4-8,16H,2-3,9-10H2,1H3. The molecule has 84 valence electrons. The summed E-state index contributed by atoms with van der Waals surface area (Å²) in [7, 11) is 0. The molecule has 1 aromatic heterocycles. The van der Waals surface area contributed by atoms with Crippen LogP contribution < -0.4 is 0 Å². The van der Waals surface area contributed by atoms with Crippen LogP contribution in [0.5, 0.6) is 0 Å². The molecule has 1 heterocycles. The van der Waals surface area contributed by atoms with Crippen molar-refractivity contribution >= 4 is 10.9 Å². The number of hydrogen-bond acceptors (Lipinski definition) is 1. The number of rotatable bonds is 4. The molecule has 16 heavy (non-hydrogen) atoms. The maximum absolute atomic E-state index is 9.25. The fourth-order valence-electron chi connectivity index (χ4n) is 1.92. The molecule has 0 bridgehead atoms. The molecular weight excluding hydrogens is 198 g/mol. The zero-order valence-electron chi connectivity index (χ0n) is 9.61. The van der Waals surface area contributed by atoms with Crippen LogP contribution in [0, 0.1) is 0 Å². The maximum atomic E-state index is 9.25. The van der Waals surface area contributed by atoms with Gasteiger partial charge in [0.1, 0.15) is 0 Å². The van der Waals surface area contributed by atoms with Crippen LogP contribution in [0.2, 0.25) is 0 Å². The Kier molecular flexibility index (Phi) is 3.11. The molecule has 0 spiro atoms. The Morgan fingerprint density at radius 3 is 2.88 bits per heavy atom. The third-order valence-electron chi connectivity index (χ3n) is 2.97. The summed E-state index contributed by atoms with van der Waals surface area (Å²) in [6.45, 7) is 7.09. The summed E-state index contributed by atoms with van der Waals surface area (Å²) in [5.74, 6) is 0. The van der Waals surface area contributed by atoms with Crippen molar-refractivity contribution in [2.24, 2.45) is 0 Å². The molecule has 2 heteroatoms. The first-order valence-electron chi connectivity index (χ1n) is 5.60. The van der Waals surface area contributed by atoms with E-state index in [1.54, 1.807) is 0 Å². The highest BCUT2D eigenvalue weighted by Crippen LogP contribution is 2.21. The maximum Gasteiger partial charge on any atom is 0.0688 e. The van der Waals surface area contributed by atoms with E-state index in [2.05, 4.69) is 36.4 Å². The third kappa shape index (κ3) is 1.89. The van der Waals surface area contributed by atoms with Gasteiger partial charge in [0, 0.05) is 23.6 Å². The Morgan fingerprint density at radius 1 is 1.38 bits per heavy atom. The molecule has 0 radical (unpaired) electrons. The highest BCUT2D eigenvalue weighted by molar-refractivity contribution is 5.83. The lowest BCUT2D eigenvalue weighted by Gasteiger charge is -2.07. The summed E-state index contributed by atoms with van der Waals surface area (Å²) in [4.78, 5) is 0. The van der Waals surface area contributed by atoms with E-state index in [-0.39, 0.29) is 6.61 Å². The van der Waals surface area contributed by atoms with E-state index in [9.17, 15) is 5.11 Å². The minimum Gasteiger partial charge on any atom is -0.392 e. The minimum absolute atomic E-state index is 0.0933. The summed E-state index contributed by atoms with van der Waals surface area (Å²) < 4.78 is 2.18. The van der Waals surface area contributed by atoms with Gasteiger partial charge in [0.2, 0.25) is 0 Å². The first kappa shape index (κ1) is 11.0. The van der Waals surface area contributed by atoms with Gasteiger partial charge >= 0.3 is 0 Å². The molecule has 0 fully saturated rings. The molecule has 0 aliphatic rings. The Balaban J connectivity index is 2.45. The SMILES string of the molecule is C=C(CC)Cn1ccc2c(CO)cccc21. The highest BCUT2D eigenvalue weighted by atomic mass is 16.3. The summed E-state index contributed by atoms with van der Waals surface area (Å²) in [6, 6.07) is 8.08. The monoisotopic (exact) mass is 215 g/mol. The largest absolute Gasteiger partial charge is 0.392 e. The van der Waals surface area contributed by atoms with Gasteiger partial charge in [-0.1, -0.05) is 31.2 Å². The molecule has 0 aliphatic carbocycles. The molecule has 0 aliphatic heterocycles. The van der Waals surface area contributed by atoms with Crippen molar-refractivity contribution in [3.05, 3.63) is 48.2 Å². The van der Waals surface area contributed by atoms with Crippen molar-refractivity contribution < 1.29 is 5.11 Å². The number of aromatic nitrogens is 1. The Hall–Kier alpha value is -1.54. The summed E-state index contributed by atoms with van der Waals surface area (Å²) in [5, 5.41) is 10.4. The fraction of sp³-hybridized carbons (Fsp3) is 0.286. The van der Waals surface area contributed by atoms with Gasteiger partial charge in [-0.3, -0.25) is 0 Å². The first-order chi connectivity index (χ1) is 7.76. The zero-order chi connectivity index (χ0) is 11.5. The lowest BCUT2D eigenvalue weighted by molar-refractivity contribution is 0.283. The van der Waals surface area contributed by atoms with Crippen LogP contribution in [0.4, 0.5) is 0 Å². The number of fused-ring (bicyclic) bond motifs is 1. The van der Waals surface area contributed by atoms with Crippen LogP contribution in [-0.4, -0.2) is 9.67 Å². The van der Waals surface area contributed by atoms with Crippen molar-refractivity contribution in [2.45, 2.75) is 26.5 Å². The van der Waals surface area contributed by atoms with E-state index in [1.165, 1.54) is 11.1 Å². The summed E-state index contributed by atoms with van der Waals surface area (Å²) in [5.41, 5.74) is 3.37. The Morgan fingerprint density at radius 2 is 2.19 bits per heavy atom. The number of aliphatic hydroxyl groups excluding tert-OH is 1. The van der Waals surface area contributed by atoms with Crippen molar-refractivity contribution in [3.63, 3.8) is 0 Å². The quantitative estimate of drug-likeness (QED) is 0.779. The smallest absolute Gasteiger partial charge is 0.0688 e. The first-order valence-corrected chi connectivity index (χ1v) is 5.60. The van der Waals surface area contributed by atoms with Gasteiger partial charge < -0.3 is 9.67 Å². The van der Waals surface area contributed by atoms with Crippen molar-refractivity contribution in [1.29, 1.82) is 0 Å². The molecule has 2 rings (SSSR count). The van der Waals surface area contributed by atoms with E-state index < -0.39 is 0 Å². The van der Waals surface area contributed by atoms with Crippen LogP contribution in [-0.2, 0) is 13.2 Å². The van der Waals surface area contributed by atoms with E-state index in [1.807, 2.05) is 12.1 Å². The van der Waals surface area contributed by atoms with Gasteiger partial charge in [-0.2, -0.15) is 0 Å². The van der Waals surface area contributed by atoms with Gasteiger partial charge in [0.15, 0.2) is 0 Å². The highest BCUT2D eigenvalue weighted by Gasteiger charge is 2.04. The Bertz CT molecular complexity index is 510. The molecule has 0 atom stereocenters. The van der Waals surface area contributed by atoms with Crippen LogP contribution in [0.3, 0.4) is 0 Å². The molecule has 2 aromatic rings. The summed E-state index contributed by atoms with van der Waals surface area (Å²) >= 11 is 0. The predicted octanol–water partition coefficient (Wildman–Crippen LogP) is 3.10. The predicted molar refractivity (Wildman–Crippen MR) is 67.3 cm³/mol. The van der Waals surface area contributed by atoms with Crippen molar-refractivity contribution in [1.82, 2.24) is 4.57 Å². The second-order valence-electron chi connectivity index (χ2n) is 4.06. The molecule has 2 nitrogen and oxygen atoms in total. The van der Waals surface area contributed by atoms with Gasteiger partial charge in [0.25, 0.3) is 0 Å². The van der Waals surface area contributed by atoms with Gasteiger partial charge in [-0.25, -0.2) is 0 Å². The number of benzene rings is 1. The van der Waals surface area contributed by atoms with Crippen LogP contribution in [0.15, 0.2) is 42.6 Å². The van der Waals surface area contributed by atoms with E-state index in [0.717, 1.165) is 23.9 Å². The van der Waals surface area contributed by atoms with Crippen molar-refractivity contribution in [2.75, 3.05) is 0 Å². The lowest BCUT2D eigenvalue weighted by atomic mass is 10.1. The Labute approximate surface area is 95.8 Å². The van der Waals surface area contributed by atoms with Crippen LogP contribution in [0.25, 0.3) is 10.9 Å². The zero-order valence-corrected chi connectivity index (χ0v) is 9.61. The second-order valence-corrected chi connectivity index (χ2v) is 4.06. The number of hydrogen-bond donors (Lipinski definition) is 1. The second kappa shape index (κ2) is 4.54. The fourth-order valence-corrected chi connectivity index (χ4v) is 1.92. The number of nitrogens with zero attached hydrogens (tertiary/aromatic N) is 1. The molecular formula is C14H17NO. The van der Waals surface area contributed by atoms with Crippen LogP contribution in [0.1, 0.15) is 18.9 Å². The van der Waals surface area contributed by atoms with Gasteiger partial charge in [-0.05, 0) is 24.1 Å². The van der Waals surface area contributed by atoms with Gasteiger partial charge in [-0.15, -0.1) is 0 Å². The average Bonchev–Trinajstić information content (AvgIpc) is 2.72. The number of aliphatic hydroxyl groups is 1. The molecule has 0 saturated heterocycles. The van der Waals surface area contributed by atoms with E-state index in [4.69, 9.17) is 0 Å². The molecule has 0 saturated carbocycles. The lowest BCUT2D eigenvalue weighted by Crippen LogP contribution is -1.98. The van der Waals surface area contributed by atoms with Crippen LogP contribution >= 0.6 is 0 Å². The minimum atomic E-state index is 0.0933. The molecule has 1 N–H and O–H groups in total. The topological polar surface area (TPSA) is 25.2 Å². The number of allylic oxidation sites excluding steroid dienone is 1. The molecule has 0 unspecified atom stereocenters. The van der Waals surface area contributed by atoms with Crippen molar-refractivity contribution in [3.8, 4) is 0 Å². The third-order valence-corrected chi connectivity index (χ3v) is 2.97. The average molecular weight is 215 g/mol. The molecule has 0 amide bonds.